The second-order valence-electron chi connectivity index (χ2n) is 3.21. The summed E-state index contributed by atoms with van der Waals surface area (Å²) in [5.41, 5.74) is 12.7. The molecular formula is C10H16N2. The molecule has 0 spiro atoms. The molecule has 2 heteroatoms. The minimum Gasteiger partial charge on any atom is -0.327 e. The maximum atomic E-state index is 5.82. The summed E-state index contributed by atoms with van der Waals surface area (Å²) < 4.78 is 0. The van der Waals surface area contributed by atoms with E-state index >= 15 is 0 Å². The molecule has 0 fully saturated rings. The largest absolute Gasteiger partial charge is 0.327 e. The average molecular weight is 164 g/mol. The summed E-state index contributed by atoms with van der Waals surface area (Å²) in [6.07, 6.45) is 0.860. The van der Waals surface area contributed by atoms with E-state index in [9.17, 15) is 0 Å². The van der Waals surface area contributed by atoms with Gasteiger partial charge in [0.05, 0.1) is 0 Å². The molecule has 0 amide bonds. The number of rotatable bonds is 3. The minimum atomic E-state index is 0.0604. The van der Waals surface area contributed by atoms with Crippen molar-refractivity contribution in [3.8, 4) is 0 Å². The van der Waals surface area contributed by atoms with Gasteiger partial charge in [-0.3, -0.25) is 0 Å². The third kappa shape index (κ3) is 2.64. The summed E-state index contributed by atoms with van der Waals surface area (Å²) in [5.74, 6) is 0. The molecule has 0 saturated carbocycles. The molecule has 1 aromatic rings. The lowest BCUT2D eigenvalue weighted by atomic mass is 10.0. The SMILES string of the molecule is C[C@@H](N)[C@@H](N)Cc1ccccc1. The Balaban J connectivity index is 2.53. The van der Waals surface area contributed by atoms with Gasteiger partial charge in [0, 0.05) is 12.1 Å². The molecule has 0 unspecified atom stereocenters. The van der Waals surface area contributed by atoms with E-state index < -0.39 is 0 Å². The fraction of sp³-hybridized carbons (Fsp3) is 0.400. The molecule has 0 heterocycles. The zero-order valence-electron chi connectivity index (χ0n) is 7.40. The van der Waals surface area contributed by atoms with Crippen molar-refractivity contribution < 1.29 is 0 Å². The maximum absolute atomic E-state index is 5.82. The Labute approximate surface area is 73.6 Å². The molecule has 12 heavy (non-hydrogen) atoms. The number of hydrogen-bond donors (Lipinski definition) is 2. The average Bonchev–Trinajstić information content (AvgIpc) is 2.06. The van der Waals surface area contributed by atoms with Crippen molar-refractivity contribution in [3.05, 3.63) is 35.9 Å². The van der Waals surface area contributed by atoms with Crippen LogP contribution in [0.5, 0.6) is 0 Å². The lowest BCUT2D eigenvalue weighted by molar-refractivity contribution is 0.557. The molecule has 66 valence electrons. The Kier molecular flexibility index (Phi) is 3.26. The Bertz CT molecular complexity index is 219. The molecule has 0 saturated heterocycles. The molecular weight excluding hydrogens is 148 g/mol. The van der Waals surface area contributed by atoms with Gasteiger partial charge in [0.15, 0.2) is 0 Å². The summed E-state index contributed by atoms with van der Waals surface area (Å²) in [5, 5.41) is 0. The first-order valence-electron chi connectivity index (χ1n) is 4.25. The van der Waals surface area contributed by atoms with Gasteiger partial charge in [-0.25, -0.2) is 0 Å². The first-order chi connectivity index (χ1) is 5.70. The molecule has 2 nitrogen and oxygen atoms in total. The summed E-state index contributed by atoms with van der Waals surface area (Å²) in [6.45, 7) is 1.94. The van der Waals surface area contributed by atoms with E-state index in [1.807, 2.05) is 25.1 Å². The van der Waals surface area contributed by atoms with Crippen LogP contribution in [0.3, 0.4) is 0 Å². The monoisotopic (exact) mass is 164 g/mol. The van der Waals surface area contributed by atoms with Crippen LogP contribution in [0.25, 0.3) is 0 Å². The van der Waals surface area contributed by atoms with Crippen molar-refractivity contribution in [1.82, 2.24) is 0 Å². The van der Waals surface area contributed by atoms with E-state index in [0.717, 1.165) is 6.42 Å². The highest BCUT2D eigenvalue weighted by Crippen LogP contribution is 2.02. The van der Waals surface area contributed by atoms with Gasteiger partial charge >= 0.3 is 0 Å². The molecule has 1 rings (SSSR count). The van der Waals surface area contributed by atoms with Crippen LogP contribution in [0.1, 0.15) is 12.5 Å². The van der Waals surface area contributed by atoms with Gasteiger partial charge in [-0.1, -0.05) is 30.3 Å². The van der Waals surface area contributed by atoms with E-state index in [1.165, 1.54) is 5.56 Å². The third-order valence-corrected chi connectivity index (χ3v) is 1.99. The van der Waals surface area contributed by atoms with E-state index in [0.29, 0.717) is 0 Å². The molecule has 1 aromatic carbocycles. The second-order valence-corrected chi connectivity index (χ2v) is 3.21. The van der Waals surface area contributed by atoms with Crippen molar-refractivity contribution in [1.29, 1.82) is 0 Å². The molecule has 0 aliphatic carbocycles. The number of benzene rings is 1. The Morgan fingerprint density at radius 1 is 1.17 bits per heavy atom. The van der Waals surface area contributed by atoms with Crippen LogP contribution in [-0.2, 0) is 6.42 Å². The first-order valence-corrected chi connectivity index (χ1v) is 4.25. The van der Waals surface area contributed by atoms with Crippen LogP contribution in [0.4, 0.5) is 0 Å². The molecule has 0 aliphatic heterocycles. The Hall–Kier alpha value is -0.860. The number of hydrogen-bond acceptors (Lipinski definition) is 2. The van der Waals surface area contributed by atoms with Crippen molar-refractivity contribution in [2.75, 3.05) is 0 Å². The second kappa shape index (κ2) is 4.24. The highest BCUT2D eigenvalue weighted by Gasteiger charge is 2.07. The van der Waals surface area contributed by atoms with Crippen molar-refractivity contribution >= 4 is 0 Å². The third-order valence-electron chi connectivity index (χ3n) is 1.99. The van der Waals surface area contributed by atoms with Crippen molar-refractivity contribution in [2.24, 2.45) is 11.5 Å². The summed E-state index contributed by atoms with van der Waals surface area (Å²) >= 11 is 0. The fourth-order valence-electron chi connectivity index (χ4n) is 1.07. The zero-order valence-corrected chi connectivity index (χ0v) is 7.40. The van der Waals surface area contributed by atoms with E-state index in [2.05, 4.69) is 12.1 Å². The van der Waals surface area contributed by atoms with Gasteiger partial charge in [-0.05, 0) is 18.9 Å². The lowest BCUT2D eigenvalue weighted by Gasteiger charge is -2.14. The van der Waals surface area contributed by atoms with E-state index in [-0.39, 0.29) is 12.1 Å². The van der Waals surface area contributed by atoms with Crippen LogP contribution < -0.4 is 11.5 Å². The normalized spacial score (nSPS) is 15.6. The molecule has 0 bridgehead atoms. The van der Waals surface area contributed by atoms with E-state index in [4.69, 9.17) is 11.5 Å². The van der Waals surface area contributed by atoms with Gasteiger partial charge in [0.25, 0.3) is 0 Å². The Morgan fingerprint density at radius 3 is 2.25 bits per heavy atom. The smallest absolute Gasteiger partial charge is 0.0230 e. The van der Waals surface area contributed by atoms with Gasteiger partial charge < -0.3 is 11.5 Å². The highest BCUT2D eigenvalue weighted by atomic mass is 14.8. The molecule has 0 radical (unpaired) electrons. The summed E-state index contributed by atoms with van der Waals surface area (Å²) in [4.78, 5) is 0. The zero-order chi connectivity index (χ0) is 8.97. The van der Waals surface area contributed by atoms with Gasteiger partial charge in [-0.2, -0.15) is 0 Å². The molecule has 0 aromatic heterocycles. The van der Waals surface area contributed by atoms with Crippen LogP contribution in [0.15, 0.2) is 30.3 Å². The molecule has 4 N–H and O–H groups in total. The predicted octanol–water partition coefficient (Wildman–Crippen LogP) is 0.904. The van der Waals surface area contributed by atoms with Crippen molar-refractivity contribution in [3.63, 3.8) is 0 Å². The van der Waals surface area contributed by atoms with Crippen LogP contribution >= 0.6 is 0 Å². The quantitative estimate of drug-likeness (QED) is 0.697. The predicted molar refractivity (Wildman–Crippen MR) is 51.8 cm³/mol. The van der Waals surface area contributed by atoms with Crippen LogP contribution in [-0.4, -0.2) is 12.1 Å². The summed E-state index contributed by atoms with van der Waals surface area (Å²) in [6, 6.07) is 10.3. The van der Waals surface area contributed by atoms with E-state index in [1.54, 1.807) is 0 Å². The minimum absolute atomic E-state index is 0.0604. The van der Waals surface area contributed by atoms with Crippen LogP contribution in [0, 0.1) is 0 Å². The summed E-state index contributed by atoms with van der Waals surface area (Å²) in [7, 11) is 0. The highest BCUT2D eigenvalue weighted by molar-refractivity contribution is 5.16. The first kappa shape index (κ1) is 9.23. The number of nitrogens with two attached hydrogens (primary N) is 2. The maximum Gasteiger partial charge on any atom is 0.0230 e. The van der Waals surface area contributed by atoms with Crippen molar-refractivity contribution in [2.45, 2.75) is 25.4 Å². The topological polar surface area (TPSA) is 52.0 Å². The Morgan fingerprint density at radius 2 is 1.75 bits per heavy atom. The van der Waals surface area contributed by atoms with Gasteiger partial charge in [-0.15, -0.1) is 0 Å². The van der Waals surface area contributed by atoms with Gasteiger partial charge in [0.1, 0.15) is 0 Å². The molecule has 0 aliphatic rings. The standard InChI is InChI=1S/C10H16N2/c1-8(11)10(12)7-9-5-3-2-4-6-9/h2-6,8,10H,7,11-12H2,1H3/t8-,10+/m1/s1. The lowest BCUT2D eigenvalue weighted by Crippen LogP contribution is -2.40. The fourth-order valence-corrected chi connectivity index (χ4v) is 1.07. The van der Waals surface area contributed by atoms with Crippen LogP contribution in [0.2, 0.25) is 0 Å². The molecule has 2 atom stereocenters. The van der Waals surface area contributed by atoms with Gasteiger partial charge in [0.2, 0.25) is 0 Å².